The van der Waals surface area contributed by atoms with Gasteiger partial charge in [0, 0.05) is 26.3 Å². The third-order valence-electron chi connectivity index (χ3n) is 4.02. The van der Waals surface area contributed by atoms with E-state index in [1.54, 1.807) is 19.2 Å². The van der Waals surface area contributed by atoms with Crippen molar-refractivity contribution < 1.29 is 9.18 Å². The smallest absolute Gasteiger partial charge is 0.224 e. The van der Waals surface area contributed by atoms with Crippen LogP contribution in [0.25, 0.3) is 5.65 Å². The average molecular weight is 511 g/mol. The number of rotatable bonds is 7. The Balaban J connectivity index is 0.00000300. The van der Waals surface area contributed by atoms with E-state index in [9.17, 15) is 9.18 Å². The van der Waals surface area contributed by atoms with Crippen LogP contribution < -0.4 is 16.0 Å². The summed E-state index contributed by atoms with van der Waals surface area (Å²) in [5, 5.41) is 17.3. The van der Waals surface area contributed by atoms with Crippen LogP contribution in [0.3, 0.4) is 0 Å². The Kier molecular flexibility index (Phi) is 8.77. The Labute approximate surface area is 185 Å². The van der Waals surface area contributed by atoms with Crippen molar-refractivity contribution in [3.63, 3.8) is 0 Å². The fraction of sp³-hybridized carbons (Fsp3) is 0.263. The molecule has 1 amide bonds. The quantitative estimate of drug-likeness (QED) is 0.194. The molecule has 0 spiro atoms. The molecule has 1 aromatic carbocycles. The molecule has 3 N–H and O–H groups in total. The molecule has 8 nitrogen and oxygen atoms in total. The van der Waals surface area contributed by atoms with Crippen LogP contribution in [0.1, 0.15) is 11.4 Å². The molecule has 0 aliphatic heterocycles. The van der Waals surface area contributed by atoms with Crippen molar-refractivity contribution in [1.82, 2.24) is 30.5 Å². The normalized spacial score (nSPS) is 11.0. The first-order chi connectivity index (χ1) is 13.7. The lowest BCUT2D eigenvalue weighted by atomic mass is 10.1. The number of hydrogen-bond donors (Lipinski definition) is 3. The predicted octanol–water partition coefficient (Wildman–Crippen LogP) is 1.51. The van der Waals surface area contributed by atoms with Crippen LogP contribution >= 0.6 is 24.0 Å². The summed E-state index contributed by atoms with van der Waals surface area (Å²) in [5.41, 5.74) is 1.42. The summed E-state index contributed by atoms with van der Waals surface area (Å²) < 4.78 is 15.0. The number of nitrogens with zero attached hydrogens (tertiary/aromatic N) is 4. The first kappa shape index (κ1) is 22.5. The third-order valence-corrected chi connectivity index (χ3v) is 4.02. The van der Waals surface area contributed by atoms with Gasteiger partial charge in [0.1, 0.15) is 5.82 Å². The number of amides is 1. The topological polar surface area (TPSA) is 95.7 Å². The highest BCUT2D eigenvalue weighted by Gasteiger charge is 2.06. The minimum Gasteiger partial charge on any atom is -0.355 e. The lowest BCUT2D eigenvalue weighted by Gasteiger charge is -2.12. The molecule has 0 saturated carbocycles. The fourth-order valence-corrected chi connectivity index (χ4v) is 2.67. The number of fused-ring (bicyclic) bond motifs is 1. The second kappa shape index (κ2) is 11.3. The standard InChI is InChI=1S/C19H22FN7O.HI/c1-21-19(24-13-17-26-25-16-7-2-3-10-27(16)17)23-9-8-22-18(28)12-14-5-4-6-15(20)11-14;/h2-7,10-11H,8-9,12-13H2,1H3,(H,22,28)(H2,21,23,24);1H. The van der Waals surface area contributed by atoms with Crippen LogP contribution in [-0.2, 0) is 17.8 Å². The van der Waals surface area contributed by atoms with Gasteiger partial charge in [-0.2, -0.15) is 0 Å². The number of carbonyl (C=O) groups excluding carboxylic acids is 1. The molecule has 0 saturated heterocycles. The number of aliphatic imine (C=N–C) groups is 1. The molecule has 0 unspecified atom stereocenters. The van der Waals surface area contributed by atoms with Gasteiger partial charge in [0.25, 0.3) is 0 Å². The maximum absolute atomic E-state index is 13.1. The van der Waals surface area contributed by atoms with E-state index in [4.69, 9.17) is 0 Å². The molecule has 154 valence electrons. The van der Waals surface area contributed by atoms with E-state index < -0.39 is 0 Å². The van der Waals surface area contributed by atoms with Crippen molar-refractivity contribution in [1.29, 1.82) is 0 Å². The van der Waals surface area contributed by atoms with Crippen LogP contribution in [0, 0.1) is 5.82 Å². The fourth-order valence-electron chi connectivity index (χ4n) is 2.67. The second-order valence-corrected chi connectivity index (χ2v) is 6.05. The minimum atomic E-state index is -0.345. The first-order valence-corrected chi connectivity index (χ1v) is 8.90. The Morgan fingerprint density at radius 2 is 1.93 bits per heavy atom. The monoisotopic (exact) mass is 511 g/mol. The number of nitrogens with one attached hydrogen (secondary N) is 3. The summed E-state index contributed by atoms with van der Waals surface area (Å²) in [4.78, 5) is 16.1. The van der Waals surface area contributed by atoms with E-state index in [2.05, 4.69) is 31.1 Å². The van der Waals surface area contributed by atoms with Gasteiger partial charge < -0.3 is 16.0 Å². The van der Waals surface area contributed by atoms with Gasteiger partial charge in [0.15, 0.2) is 17.4 Å². The number of aromatic nitrogens is 3. The van der Waals surface area contributed by atoms with E-state index in [0.717, 1.165) is 11.5 Å². The van der Waals surface area contributed by atoms with Gasteiger partial charge in [0.2, 0.25) is 5.91 Å². The second-order valence-electron chi connectivity index (χ2n) is 6.05. The molecular formula is C19H23FIN7O. The number of benzene rings is 1. The highest BCUT2D eigenvalue weighted by molar-refractivity contribution is 14.0. The zero-order chi connectivity index (χ0) is 19.8. The molecular weight excluding hydrogens is 488 g/mol. The van der Waals surface area contributed by atoms with Crippen LogP contribution in [0.2, 0.25) is 0 Å². The predicted molar refractivity (Wildman–Crippen MR) is 120 cm³/mol. The summed E-state index contributed by atoms with van der Waals surface area (Å²) in [5.74, 6) is 0.849. The molecule has 3 rings (SSSR count). The van der Waals surface area contributed by atoms with Crippen molar-refractivity contribution in [2.24, 2.45) is 4.99 Å². The number of hydrogen-bond acceptors (Lipinski definition) is 4. The third kappa shape index (κ3) is 6.66. The molecule has 2 heterocycles. The van der Waals surface area contributed by atoms with Crippen LogP contribution in [0.4, 0.5) is 4.39 Å². The van der Waals surface area contributed by atoms with Crippen molar-refractivity contribution in [2.45, 2.75) is 13.0 Å². The van der Waals surface area contributed by atoms with Crippen LogP contribution in [0.15, 0.2) is 53.7 Å². The molecule has 10 heteroatoms. The Morgan fingerprint density at radius 1 is 1.10 bits per heavy atom. The minimum absolute atomic E-state index is 0. The highest BCUT2D eigenvalue weighted by atomic mass is 127. The molecule has 29 heavy (non-hydrogen) atoms. The van der Waals surface area contributed by atoms with E-state index in [-0.39, 0.29) is 42.1 Å². The van der Waals surface area contributed by atoms with Gasteiger partial charge in [-0.3, -0.25) is 14.2 Å². The number of halogens is 2. The summed E-state index contributed by atoms with van der Waals surface area (Å²) in [6, 6.07) is 11.7. The van der Waals surface area contributed by atoms with Gasteiger partial charge in [-0.15, -0.1) is 34.2 Å². The van der Waals surface area contributed by atoms with E-state index >= 15 is 0 Å². The number of carbonyl (C=O) groups is 1. The molecule has 0 aliphatic carbocycles. The maximum atomic E-state index is 13.1. The highest BCUT2D eigenvalue weighted by Crippen LogP contribution is 2.04. The van der Waals surface area contributed by atoms with Gasteiger partial charge in [0.05, 0.1) is 13.0 Å². The molecule has 2 aromatic heterocycles. The molecule has 0 fully saturated rings. The zero-order valence-corrected chi connectivity index (χ0v) is 18.3. The van der Waals surface area contributed by atoms with E-state index in [1.807, 2.05) is 28.8 Å². The Morgan fingerprint density at radius 3 is 2.72 bits per heavy atom. The van der Waals surface area contributed by atoms with Crippen molar-refractivity contribution in [3.05, 3.63) is 65.9 Å². The molecule has 0 aliphatic rings. The Bertz CT molecular complexity index is 976. The van der Waals surface area contributed by atoms with Gasteiger partial charge >= 0.3 is 0 Å². The summed E-state index contributed by atoms with van der Waals surface area (Å²) in [6.07, 6.45) is 2.04. The molecule has 0 radical (unpaired) electrons. The van der Waals surface area contributed by atoms with Crippen molar-refractivity contribution in [3.8, 4) is 0 Å². The first-order valence-electron chi connectivity index (χ1n) is 8.90. The van der Waals surface area contributed by atoms with Crippen molar-refractivity contribution in [2.75, 3.05) is 20.1 Å². The van der Waals surface area contributed by atoms with Gasteiger partial charge in [-0.05, 0) is 29.8 Å². The van der Waals surface area contributed by atoms with Crippen molar-refractivity contribution >= 4 is 41.5 Å². The summed E-state index contributed by atoms with van der Waals surface area (Å²) in [6.45, 7) is 1.37. The van der Waals surface area contributed by atoms with Crippen LogP contribution in [-0.4, -0.2) is 46.6 Å². The number of pyridine rings is 1. The largest absolute Gasteiger partial charge is 0.355 e. The molecule has 3 aromatic rings. The summed E-state index contributed by atoms with van der Waals surface area (Å²) >= 11 is 0. The van der Waals surface area contributed by atoms with Crippen LogP contribution in [0.5, 0.6) is 0 Å². The van der Waals surface area contributed by atoms with Gasteiger partial charge in [-0.25, -0.2) is 4.39 Å². The number of guanidine groups is 1. The zero-order valence-electron chi connectivity index (χ0n) is 15.9. The summed E-state index contributed by atoms with van der Waals surface area (Å²) in [7, 11) is 1.67. The lowest BCUT2D eigenvalue weighted by molar-refractivity contribution is -0.120. The molecule has 0 atom stereocenters. The van der Waals surface area contributed by atoms with E-state index in [1.165, 1.54) is 12.1 Å². The van der Waals surface area contributed by atoms with E-state index in [0.29, 0.717) is 31.2 Å². The Hall–Kier alpha value is -2.76. The molecule has 0 bridgehead atoms. The SMILES string of the molecule is CN=C(NCCNC(=O)Cc1cccc(F)c1)NCc1nnc2ccccn12.I. The lowest BCUT2D eigenvalue weighted by Crippen LogP contribution is -2.41. The van der Waals surface area contributed by atoms with Gasteiger partial charge in [-0.1, -0.05) is 18.2 Å². The average Bonchev–Trinajstić information content (AvgIpc) is 3.11. The maximum Gasteiger partial charge on any atom is 0.224 e.